The smallest absolute Gasteiger partial charge is 0.222 e. The maximum absolute atomic E-state index is 10.5. The van der Waals surface area contributed by atoms with Crippen LogP contribution in [-0.2, 0) is 9.59 Å². The van der Waals surface area contributed by atoms with Crippen LogP contribution in [0.25, 0.3) is 0 Å². The van der Waals surface area contributed by atoms with Crippen molar-refractivity contribution in [1.82, 2.24) is 0 Å². The van der Waals surface area contributed by atoms with Crippen molar-refractivity contribution in [2.45, 2.75) is 6.42 Å². The summed E-state index contributed by atoms with van der Waals surface area (Å²) in [6, 6.07) is 0. The SMILES string of the molecule is C=CC(=O)SCCC(=O)Cl. The summed E-state index contributed by atoms with van der Waals surface area (Å²) >= 11 is 6.06. The molecule has 4 heteroatoms. The van der Waals surface area contributed by atoms with Gasteiger partial charge in [0, 0.05) is 12.2 Å². The van der Waals surface area contributed by atoms with Crippen LogP contribution in [0.3, 0.4) is 0 Å². The standard InChI is InChI=1S/C6H7ClO2S/c1-2-6(9)10-4-3-5(7)8/h2H,1,3-4H2. The Kier molecular flexibility index (Phi) is 5.35. The Hall–Kier alpha value is -0.280. The van der Waals surface area contributed by atoms with Crippen molar-refractivity contribution in [2.75, 3.05) is 5.75 Å². The van der Waals surface area contributed by atoms with E-state index in [1.807, 2.05) is 0 Å². The van der Waals surface area contributed by atoms with E-state index in [1.54, 1.807) is 0 Å². The highest BCUT2D eigenvalue weighted by Crippen LogP contribution is 2.05. The molecule has 0 rings (SSSR count). The lowest BCUT2D eigenvalue weighted by molar-refractivity contribution is -0.111. The summed E-state index contributed by atoms with van der Waals surface area (Å²) in [6.45, 7) is 3.27. The van der Waals surface area contributed by atoms with Crippen molar-refractivity contribution in [2.24, 2.45) is 0 Å². The summed E-state index contributed by atoms with van der Waals surface area (Å²) in [4.78, 5) is 20.6. The van der Waals surface area contributed by atoms with Crippen molar-refractivity contribution >= 4 is 33.7 Å². The van der Waals surface area contributed by atoms with Gasteiger partial charge in [-0.15, -0.1) is 0 Å². The predicted octanol–water partition coefficient (Wildman–Crippen LogP) is 1.59. The van der Waals surface area contributed by atoms with E-state index in [0.29, 0.717) is 5.75 Å². The molecule has 0 saturated carbocycles. The van der Waals surface area contributed by atoms with Crippen molar-refractivity contribution in [3.05, 3.63) is 12.7 Å². The van der Waals surface area contributed by atoms with E-state index in [0.717, 1.165) is 11.8 Å². The topological polar surface area (TPSA) is 34.1 Å². The lowest BCUT2D eigenvalue weighted by Crippen LogP contribution is -1.92. The molecule has 0 atom stereocenters. The summed E-state index contributed by atoms with van der Waals surface area (Å²) < 4.78 is 0. The molecule has 0 amide bonds. The quantitative estimate of drug-likeness (QED) is 0.484. The van der Waals surface area contributed by atoms with Crippen LogP contribution in [0.4, 0.5) is 0 Å². The molecule has 0 aromatic heterocycles. The van der Waals surface area contributed by atoms with Gasteiger partial charge in [0.1, 0.15) is 0 Å². The van der Waals surface area contributed by atoms with Crippen LogP contribution >= 0.6 is 23.4 Å². The van der Waals surface area contributed by atoms with Gasteiger partial charge in [-0.2, -0.15) is 0 Å². The van der Waals surface area contributed by atoms with Gasteiger partial charge in [-0.1, -0.05) is 18.3 Å². The Morgan fingerprint density at radius 3 is 2.60 bits per heavy atom. The van der Waals surface area contributed by atoms with Gasteiger partial charge >= 0.3 is 0 Å². The van der Waals surface area contributed by atoms with Gasteiger partial charge < -0.3 is 0 Å². The first kappa shape index (κ1) is 9.72. The maximum Gasteiger partial charge on any atom is 0.222 e. The molecule has 0 unspecified atom stereocenters. The van der Waals surface area contributed by atoms with Gasteiger partial charge in [0.15, 0.2) is 0 Å². The molecule has 0 aromatic carbocycles. The van der Waals surface area contributed by atoms with E-state index in [-0.39, 0.29) is 11.5 Å². The van der Waals surface area contributed by atoms with E-state index in [9.17, 15) is 9.59 Å². The zero-order chi connectivity index (χ0) is 7.98. The van der Waals surface area contributed by atoms with Crippen LogP contribution in [0.1, 0.15) is 6.42 Å². The summed E-state index contributed by atoms with van der Waals surface area (Å²) in [5, 5.41) is -0.540. The van der Waals surface area contributed by atoms with Crippen LogP contribution in [-0.4, -0.2) is 16.1 Å². The lowest BCUT2D eigenvalue weighted by atomic mass is 10.6. The molecule has 10 heavy (non-hydrogen) atoms. The van der Waals surface area contributed by atoms with Gasteiger partial charge in [0.25, 0.3) is 0 Å². The highest BCUT2D eigenvalue weighted by molar-refractivity contribution is 8.14. The Balaban J connectivity index is 3.28. The van der Waals surface area contributed by atoms with Gasteiger partial charge in [-0.05, 0) is 17.7 Å². The highest BCUT2D eigenvalue weighted by atomic mass is 35.5. The fourth-order valence-electron chi connectivity index (χ4n) is 0.291. The van der Waals surface area contributed by atoms with Crippen LogP contribution in [0, 0.1) is 0 Å². The van der Waals surface area contributed by atoms with Crippen molar-refractivity contribution in [3.63, 3.8) is 0 Å². The van der Waals surface area contributed by atoms with Crippen LogP contribution in [0.2, 0.25) is 0 Å². The van der Waals surface area contributed by atoms with Gasteiger partial charge in [-0.3, -0.25) is 9.59 Å². The third-order valence-electron chi connectivity index (χ3n) is 0.710. The molecule has 0 bridgehead atoms. The largest absolute Gasteiger partial charge is 0.282 e. The zero-order valence-corrected chi connectivity index (χ0v) is 6.87. The Morgan fingerprint density at radius 2 is 2.20 bits per heavy atom. The normalized spacial score (nSPS) is 8.90. The van der Waals surface area contributed by atoms with Gasteiger partial charge in [0.2, 0.25) is 10.4 Å². The second-order valence-electron chi connectivity index (χ2n) is 1.48. The average molecular weight is 179 g/mol. The number of hydrogen-bond acceptors (Lipinski definition) is 3. The Morgan fingerprint density at radius 1 is 1.60 bits per heavy atom. The molecule has 0 saturated heterocycles. The fraction of sp³-hybridized carbons (Fsp3) is 0.333. The molecular weight excluding hydrogens is 172 g/mol. The molecule has 0 fully saturated rings. The molecular formula is C6H7ClO2S. The van der Waals surface area contributed by atoms with E-state index in [4.69, 9.17) is 11.6 Å². The van der Waals surface area contributed by atoms with Crippen LogP contribution < -0.4 is 0 Å². The second-order valence-corrected chi connectivity index (χ2v) is 3.00. The fourth-order valence-corrected chi connectivity index (χ4v) is 1.10. The molecule has 0 radical (unpaired) electrons. The van der Waals surface area contributed by atoms with E-state index in [1.165, 1.54) is 6.08 Å². The minimum Gasteiger partial charge on any atom is -0.282 e. The molecule has 0 aliphatic rings. The van der Waals surface area contributed by atoms with Gasteiger partial charge in [-0.25, -0.2) is 0 Å². The number of rotatable bonds is 4. The average Bonchev–Trinajstić information content (AvgIpc) is 1.87. The van der Waals surface area contributed by atoms with Crippen LogP contribution in [0.5, 0.6) is 0 Å². The van der Waals surface area contributed by atoms with E-state index in [2.05, 4.69) is 6.58 Å². The minimum atomic E-state index is -0.413. The number of carbonyl (C=O) groups excluding carboxylic acids is 2. The van der Waals surface area contributed by atoms with E-state index >= 15 is 0 Å². The zero-order valence-electron chi connectivity index (χ0n) is 5.30. The first-order valence-corrected chi connectivity index (χ1v) is 4.00. The number of carbonyl (C=O) groups is 2. The van der Waals surface area contributed by atoms with Crippen LogP contribution in [0.15, 0.2) is 12.7 Å². The van der Waals surface area contributed by atoms with Gasteiger partial charge in [0.05, 0.1) is 0 Å². The number of thioether (sulfide) groups is 1. The monoisotopic (exact) mass is 178 g/mol. The molecule has 0 aliphatic heterocycles. The number of halogens is 1. The summed E-state index contributed by atoms with van der Waals surface area (Å²) in [5.74, 6) is 0.438. The first-order valence-electron chi connectivity index (χ1n) is 2.64. The Labute approximate surface area is 68.6 Å². The molecule has 0 aliphatic carbocycles. The molecule has 0 aromatic rings. The molecule has 0 spiro atoms. The first-order chi connectivity index (χ1) is 4.66. The molecule has 56 valence electrons. The third kappa shape index (κ3) is 5.85. The summed E-state index contributed by atoms with van der Waals surface area (Å²) in [5.41, 5.74) is 0. The minimum absolute atomic E-state index is 0.127. The second kappa shape index (κ2) is 5.50. The number of hydrogen-bond donors (Lipinski definition) is 0. The summed E-state index contributed by atoms with van der Waals surface area (Å²) in [6.07, 6.45) is 1.44. The summed E-state index contributed by atoms with van der Waals surface area (Å²) in [7, 11) is 0. The molecule has 0 heterocycles. The molecule has 2 nitrogen and oxygen atoms in total. The maximum atomic E-state index is 10.5. The predicted molar refractivity (Wildman–Crippen MR) is 43.1 cm³/mol. The Bertz CT molecular complexity index is 156. The van der Waals surface area contributed by atoms with Crippen molar-refractivity contribution in [3.8, 4) is 0 Å². The van der Waals surface area contributed by atoms with Crippen molar-refractivity contribution < 1.29 is 9.59 Å². The lowest BCUT2D eigenvalue weighted by Gasteiger charge is -1.90. The highest BCUT2D eigenvalue weighted by Gasteiger charge is 1.99. The van der Waals surface area contributed by atoms with E-state index < -0.39 is 5.24 Å². The molecule has 0 N–H and O–H groups in total. The third-order valence-corrected chi connectivity index (χ3v) is 1.76. The van der Waals surface area contributed by atoms with Crippen molar-refractivity contribution in [1.29, 1.82) is 0 Å².